The van der Waals surface area contributed by atoms with E-state index in [1.54, 1.807) is 0 Å². The summed E-state index contributed by atoms with van der Waals surface area (Å²) < 4.78 is 0. The van der Waals surface area contributed by atoms with Gasteiger partial charge in [-0.1, -0.05) is 12.2 Å². The summed E-state index contributed by atoms with van der Waals surface area (Å²) in [6.07, 6.45) is 14.7. The molecule has 1 nitrogen and oxygen atoms in total. The molecule has 3 rings (SSSR count). The van der Waals surface area contributed by atoms with Gasteiger partial charge < -0.3 is 5.32 Å². The molecule has 0 radical (unpaired) electrons. The summed E-state index contributed by atoms with van der Waals surface area (Å²) >= 11 is 0. The van der Waals surface area contributed by atoms with Crippen LogP contribution in [0, 0.1) is 17.8 Å². The van der Waals surface area contributed by atoms with Crippen molar-refractivity contribution < 1.29 is 0 Å². The van der Waals surface area contributed by atoms with Gasteiger partial charge in [0.2, 0.25) is 0 Å². The van der Waals surface area contributed by atoms with Crippen LogP contribution in [-0.2, 0) is 0 Å². The molecule has 15 heavy (non-hydrogen) atoms. The Morgan fingerprint density at radius 2 is 1.73 bits per heavy atom. The molecule has 2 saturated carbocycles. The first-order chi connectivity index (χ1) is 7.43. The van der Waals surface area contributed by atoms with Gasteiger partial charge in [-0.15, -0.1) is 0 Å². The highest BCUT2D eigenvalue weighted by Gasteiger charge is 2.41. The Morgan fingerprint density at radius 1 is 1.00 bits per heavy atom. The molecule has 1 N–H and O–H groups in total. The number of nitrogens with one attached hydrogen (secondary N) is 1. The molecule has 3 aliphatic carbocycles. The Kier molecular flexibility index (Phi) is 2.83. The minimum atomic E-state index is 0.899. The van der Waals surface area contributed by atoms with E-state index in [1.807, 2.05) is 0 Å². The maximum absolute atomic E-state index is 3.88. The number of allylic oxidation sites excluding steroid dienone is 2. The Balaban J connectivity index is 1.44. The second-order valence-electron chi connectivity index (χ2n) is 5.76. The van der Waals surface area contributed by atoms with Crippen LogP contribution in [0.1, 0.15) is 44.9 Å². The van der Waals surface area contributed by atoms with Crippen molar-refractivity contribution in [2.75, 3.05) is 6.54 Å². The van der Waals surface area contributed by atoms with Crippen LogP contribution in [0.25, 0.3) is 0 Å². The van der Waals surface area contributed by atoms with Crippen molar-refractivity contribution >= 4 is 0 Å². The molecule has 0 heterocycles. The van der Waals surface area contributed by atoms with Crippen molar-refractivity contribution in [2.45, 2.75) is 51.0 Å². The van der Waals surface area contributed by atoms with E-state index in [2.05, 4.69) is 17.5 Å². The summed E-state index contributed by atoms with van der Waals surface area (Å²) in [4.78, 5) is 0. The highest BCUT2D eigenvalue weighted by Crippen LogP contribution is 2.44. The summed E-state index contributed by atoms with van der Waals surface area (Å²) in [7, 11) is 0. The van der Waals surface area contributed by atoms with E-state index in [0.717, 1.165) is 23.8 Å². The van der Waals surface area contributed by atoms with Gasteiger partial charge in [0, 0.05) is 6.04 Å². The second-order valence-corrected chi connectivity index (χ2v) is 5.76. The van der Waals surface area contributed by atoms with Crippen molar-refractivity contribution in [3.8, 4) is 0 Å². The van der Waals surface area contributed by atoms with Crippen LogP contribution < -0.4 is 5.32 Å². The molecular formula is C14H23N. The molecule has 1 atom stereocenters. The predicted molar refractivity (Wildman–Crippen MR) is 63.7 cm³/mol. The average molecular weight is 205 g/mol. The van der Waals surface area contributed by atoms with Gasteiger partial charge >= 0.3 is 0 Å². The van der Waals surface area contributed by atoms with E-state index in [1.165, 1.54) is 51.5 Å². The van der Waals surface area contributed by atoms with E-state index in [-0.39, 0.29) is 0 Å². The molecular weight excluding hydrogens is 182 g/mol. The van der Waals surface area contributed by atoms with Crippen LogP contribution in [-0.4, -0.2) is 12.6 Å². The van der Waals surface area contributed by atoms with Crippen molar-refractivity contribution in [1.29, 1.82) is 0 Å². The van der Waals surface area contributed by atoms with E-state index >= 15 is 0 Å². The van der Waals surface area contributed by atoms with Crippen LogP contribution >= 0.6 is 0 Å². The molecule has 0 spiro atoms. The normalized spacial score (nSPS) is 31.1. The molecule has 0 aromatic rings. The monoisotopic (exact) mass is 205 g/mol. The largest absolute Gasteiger partial charge is 0.313 e. The Morgan fingerprint density at radius 3 is 2.27 bits per heavy atom. The minimum absolute atomic E-state index is 0.899. The van der Waals surface area contributed by atoms with Gasteiger partial charge in [0.25, 0.3) is 0 Å². The third-order valence-electron chi connectivity index (χ3n) is 4.28. The highest BCUT2D eigenvalue weighted by molar-refractivity contribution is 4.97. The first-order valence-corrected chi connectivity index (χ1v) is 6.82. The van der Waals surface area contributed by atoms with Gasteiger partial charge in [-0.3, -0.25) is 0 Å². The molecule has 1 unspecified atom stereocenters. The zero-order valence-corrected chi connectivity index (χ0v) is 9.62. The zero-order valence-electron chi connectivity index (χ0n) is 9.62. The molecule has 0 aliphatic heterocycles. The molecule has 0 saturated heterocycles. The average Bonchev–Trinajstić information content (AvgIpc) is 3.14. The highest BCUT2D eigenvalue weighted by atomic mass is 14.9. The predicted octanol–water partition coefficient (Wildman–Crippen LogP) is 3.12. The summed E-state index contributed by atoms with van der Waals surface area (Å²) in [5.41, 5.74) is 0. The van der Waals surface area contributed by atoms with Crippen LogP contribution in [0.3, 0.4) is 0 Å². The fourth-order valence-electron chi connectivity index (χ4n) is 2.97. The van der Waals surface area contributed by atoms with Gasteiger partial charge in [0.15, 0.2) is 0 Å². The second kappa shape index (κ2) is 4.29. The smallest absolute Gasteiger partial charge is 0.0124 e. The van der Waals surface area contributed by atoms with Gasteiger partial charge in [0.1, 0.15) is 0 Å². The molecule has 0 aromatic heterocycles. The maximum atomic E-state index is 3.88. The first-order valence-electron chi connectivity index (χ1n) is 6.82. The quantitative estimate of drug-likeness (QED) is 0.680. The molecule has 1 heteroatoms. The Labute approximate surface area is 93.3 Å². The summed E-state index contributed by atoms with van der Waals surface area (Å²) in [6, 6.07) is 0.899. The summed E-state index contributed by atoms with van der Waals surface area (Å²) in [5.74, 6) is 3.03. The standard InChI is InChI=1S/C14H23N/c1-2-4-11(5-3-1)10-15-14(12-6-7-12)13-8-9-13/h1-2,11-15H,3-10H2. The van der Waals surface area contributed by atoms with Gasteiger partial charge in [0.05, 0.1) is 0 Å². The lowest BCUT2D eigenvalue weighted by atomic mass is 9.93. The molecule has 3 aliphatic rings. The Bertz CT molecular complexity index is 226. The molecule has 2 fully saturated rings. The van der Waals surface area contributed by atoms with Crippen LogP contribution in [0.5, 0.6) is 0 Å². The maximum Gasteiger partial charge on any atom is 0.0124 e. The van der Waals surface area contributed by atoms with E-state index in [4.69, 9.17) is 0 Å². The third kappa shape index (κ3) is 2.63. The number of rotatable bonds is 5. The van der Waals surface area contributed by atoms with Gasteiger partial charge in [-0.25, -0.2) is 0 Å². The fraction of sp³-hybridized carbons (Fsp3) is 0.857. The van der Waals surface area contributed by atoms with Crippen molar-refractivity contribution in [3.63, 3.8) is 0 Å². The van der Waals surface area contributed by atoms with Crippen LogP contribution in [0.4, 0.5) is 0 Å². The fourth-order valence-corrected chi connectivity index (χ4v) is 2.97. The molecule has 0 aromatic carbocycles. The lowest BCUT2D eigenvalue weighted by Gasteiger charge is -2.23. The van der Waals surface area contributed by atoms with E-state index in [0.29, 0.717) is 0 Å². The number of hydrogen-bond donors (Lipinski definition) is 1. The number of hydrogen-bond acceptors (Lipinski definition) is 1. The molecule has 84 valence electrons. The lowest BCUT2D eigenvalue weighted by molar-refractivity contribution is 0.357. The SMILES string of the molecule is C1=CCC(CNC(C2CC2)C2CC2)CC1. The van der Waals surface area contributed by atoms with E-state index in [9.17, 15) is 0 Å². The van der Waals surface area contributed by atoms with Crippen LogP contribution in [0.15, 0.2) is 12.2 Å². The third-order valence-corrected chi connectivity index (χ3v) is 4.28. The van der Waals surface area contributed by atoms with Crippen molar-refractivity contribution in [1.82, 2.24) is 5.32 Å². The first kappa shape index (κ1) is 9.89. The summed E-state index contributed by atoms with van der Waals surface area (Å²) in [5, 5.41) is 3.88. The minimum Gasteiger partial charge on any atom is -0.313 e. The molecule has 0 bridgehead atoms. The van der Waals surface area contributed by atoms with Crippen molar-refractivity contribution in [3.05, 3.63) is 12.2 Å². The van der Waals surface area contributed by atoms with Gasteiger partial charge in [-0.2, -0.15) is 0 Å². The zero-order chi connectivity index (χ0) is 10.1. The lowest BCUT2D eigenvalue weighted by Crippen LogP contribution is -2.36. The topological polar surface area (TPSA) is 12.0 Å². The summed E-state index contributed by atoms with van der Waals surface area (Å²) in [6.45, 7) is 1.28. The van der Waals surface area contributed by atoms with E-state index < -0.39 is 0 Å². The molecule has 0 amide bonds. The van der Waals surface area contributed by atoms with Crippen LogP contribution in [0.2, 0.25) is 0 Å². The van der Waals surface area contributed by atoms with Crippen molar-refractivity contribution in [2.24, 2.45) is 17.8 Å². The van der Waals surface area contributed by atoms with Gasteiger partial charge in [-0.05, 0) is 69.2 Å². The Hall–Kier alpha value is -0.300.